The van der Waals surface area contributed by atoms with Crippen molar-refractivity contribution in [3.63, 3.8) is 0 Å². The van der Waals surface area contributed by atoms with Gasteiger partial charge in [-0.1, -0.05) is 0 Å². The second kappa shape index (κ2) is 4.14. The summed E-state index contributed by atoms with van der Waals surface area (Å²) >= 11 is 1.85. The quantitative estimate of drug-likeness (QED) is 0.763. The fourth-order valence-electron chi connectivity index (χ4n) is 1.48. The highest BCUT2D eigenvalue weighted by Crippen LogP contribution is 2.31. The Morgan fingerprint density at radius 1 is 1.43 bits per heavy atom. The third kappa shape index (κ3) is 1.83. The molecule has 0 saturated carbocycles. The maximum Gasteiger partial charge on any atom is 0.132 e. The van der Waals surface area contributed by atoms with Crippen LogP contribution in [-0.4, -0.2) is 23.6 Å². The van der Waals surface area contributed by atoms with Gasteiger partial charge in [-0.05, 0) is 7.05 Å². The average molecular weight is 210 g/mol. The molecule has 2 heterocycles. The number of nitrogens with one attached hydrogen (secondary N) is 1. The molecule has 0 atom stereocenters. The Bertz CT molecular complexity index is 340. The van der Waals surface area contributed by atoms with E-state index < -0.39 is 0 Å². The standard InChI is InChI=1S/C9H14N4S/c1-11-3-2-8-12-7-5-14-4-6(7)9(10)13-8/h11H,2-5H2,1H3,(H2,10,12,13). The number of nitrogens with zero attached hydrogens (tertiary/aromatic N) is 2. The molecule has 4 nitrogen and oxygen atoms in total. The molecule has 0 radical (unpaired) electrons. The minimum Gasteiger partial charge on any atom is -0.383 e. The first kappa shape index (κ1) is 9.73. The summed E-state index contributed by atoms with van der Waals surface area (Å²) in [4.78, 5) is 8.80. The summed E-state index contributed by atoms with van der Waals surface area (Å²) in [5.74, 6) is 3.48. The minimum atomic E-state index is 0.672. The fraction of sp³-hybridized carbons (Fsp3) is 0.556. The van der Waals surface area contributed by atoms with E-state index in [-0.39, 0.29) is 0 Å². The number of nitrogens with two attached hydrogens (primary N) is 1. The van der Waals surface area contributed by atoms with Gasteiger partial charge >= 0.3 is 0 Å². The van der Waals surface area contributed by atoms with Crippen molar-refractivity contribution in [2.75, 3.05) is 19.3 Å². The van der Waals surface area contributed by atoms with Crippen molar-refractivity contribution in [3.05, 3.63) is 17.1 Å². The van der Waals surface area contributed by atoms with Crippen LogP contribution in [0.4, 0.5) is 5.82 Å². The van der Waals surface area contributed by atoms with E-state index >= 15 is 0 Å². The molecule has 0 fully saturated rings. The molecule has 1 aliphatic rings. The van der Waals surface area contributed by atoms with E-state index in [1.165, 1.54) is 0 Å². The summed E-state index contributed by atoms with van der Waals surface area (Å²) in [5, 5.41) is 3.08. The van der Waals surface area contributed by atoms with Gasteiger partial charge in [-0.3, -0.25) is 0 Å². The van der Waals surface area contributed by atoms with Crippen LogP contribution in [0, 0.1) is 0 Å². The first-order valence-corrected chi connectivity index (χ1v) is 5.83. The van der Waals surface area contributed by atoms with Gasteiger partial charge in [0.1, 0.15) is 11.6 Å². The normalized spacial score (nSPS) is 14.4. The Morgan fingerprint density at radius 2 is 2.29 bits per heavy atom. The molecule has 14 heavy (non-hydrogen) atoms. The van der Waals surface area contributed by atoms with Gasteiger partial charge in [-0.25, -0.2) is 9.97 Å². The van der Waals surface area contributed by atoms with Crippen LogP contribution in [-0.2, 0) is 17.9 Å². The minimum absolute atomic E-state index is 0.672. The van der Waals surface area contributed by atoms with Gasteiger partial charge in [0, 0.05) is 30.0 Å². The van der Waals surface area contributed by atoms with Crippen LogP contribution in [0.2, 0.25) is 0 Å². The first-order valence-electron chi connectivity index (χ1n) is 4.67. The Hall–Kier alpha value is -0.810. The largest absolute Gasteiger partial charge is 0.383 e. The number of fused-ring (bicyclic) bond motifs is 1. The lowest BCUT2D eigenvalue weighted by atomic mass is 10.2. The number of anilines is 1. The monoisotopic (exact) mass is 210 g/mol. The molecular formula is C9H14N4S. The molecule has 3 N–H and O–H groups in total. The molecule has 1 aromatic rings. The number of rotatable bonds is 3. The highest BCUT2D eigenvalue weighted by atomic mass is 32.2. The molecular weight excluding hydrogens is 196 g/mol. The number of hydrogen-bond donors (Lipinski definition) is 2. The van der Waals surface area contributed by atoms with E-state index in [4.69, 9.17) is 5.73 Å². The van der Waals surface area contributed by atoms with Crippen LogP contribution in [0.25, 0.3) is 0 Å². The lowest BCUT2D eigenvalue weighted by molar-refractivity contribution is 0.751. The Morgan fingerprint density at radius 3 is 3.07 bits per heavy atom. The summed E-state index contributed by atoms with van der Waals surface area (Å²) < 4.78 is 0. The predicted octanol–water partition coefficient (Wildman–Crippen LogP) is 0.567. The highest BCUT2D eigenvalue weighted by molar-refractivity contribution is 7.98. The van der Waals surface area contributed by atoms with Gasteiger partial charge in [0.15, 0.2) is 0 Å². The van der Waals surface area contributed by atoms with E-state index in [9.17, 15) is 0 Å². The molecule has 0 aromatic carbocycles. The second-order valence-corrected chi connectivity index (χ2v) is 4.28. The molecule has 0 spiro atoms. The predicted molar refractivity (Wildman–Crippen MR) is 59.1 cm³/mol. The lowest BCUT2D eigenvalue weighted by Crippen LogP contribution is -2.14. The highest BCUT2D eigenvalue weighted by Gasteiger charge is 2.17. The molecule has 0 amide bonds. The van der Waals surface area contributed by atoms with E-state index in [1.54, 1.807) is 0 Å². The lowest BCUT2D eigenvalue weighted by Gasteiger charge is -2.05. The number of nitrogen functional groups attached to an aromatic ring is 1. The van der Waals surface area contributed by atoms with Crippen LogP contribution in [0.5, 0.6) is 0 Å². The van der Waals surface area contributed by atoms with Crippen LogP contribution >= 0.6 is 11.8 Å². The third-order valence-electron chi connectivity index (χ3n) is 2.25. The fourth-order valence-corrected chi connectivity index (χ4v) is 2.53. The Balaban J connectivity index is 2.23. The third-order valence-corrected chi connectivity index (χ3v) is 3.23. The van der Waals surface area contributed by atoms with E-state index in [2.05, 4.69) is 15.3 Å². The SMILES string of the molecule is CNCCc1nc(N)c2c(n1)CSC2. The summed E-state index contributed by atoms with van der Waals surface area (Å²) in [6, 6.07) is 0. The van der Waals surface area contributed by atoms with Gasteiger partial charge in [-0.15, -0.1) is 0 Å². The number of likely N-dealkylation sites (N-methyl/N-ethyl adjacent to an activating group) is 1. The summed E-state index contributed by atoms with van der Waals surface area (Å²) in [7, 11) is 1.92. The molecule has 0 bridgehead atoms. The zero-order valence-corrected chi connectivity index (χ0v) is 9.02. The van der Waals surface area contributed by atoms with Gasteiger partial charge in [0.25, 0.3) is 0 Å². The molecule has 1 aromatic heterocycles. The van der Waals surface area contributed by atoms with Crippen molar-refractivity contribution >= 4 is 17.6 Å². The Labute approximate surface area is 87.7 Å². The van der Waals surface area contributed by atoms with Gasteiger partial charge in [-0.2, -0.15) is 11.8 Å². The topological polar surface area (TPSA) is 63.8 Å². The van der Waals surface area contributed by atoms with Crippen molar-refractivity contribution < 1.29 is 0 Å². The molecule has 5 heteroatoms. The van der Waals surface area contributed by atoms with E-state index in [0.29, 0.717) is 5.82 Å². The summed E-state index contributed by atoms with van der Waals surface area (Å²) in [6.07, 6.45) is 0.846. The number of aromatic nitrogens is 2. The smallest absolute Gasteiger partial charge is 0.132 e. The van der Waals surface area contributed by atoms with Crippen molar-refractivity contribution in [2.24, 2.45) is 0 Å². The summed E-state index contributed by atoms with van der Waals surface area (Å²) in [5.41, 5.74) is 8.13. The second-order valence-electron chi connectivity index (χ2n) is 3.30. The van der Waals surface area contributed by atoms with Crippen molar-refractivity contribution in [1.29, 1.82) is 0 Å². The van der Waals surface area contributed by atoms with E-state index in [1.807, 2.05) is 18.8 Å². The van der Waals surface area contributed by atoms with Crippen molar-refractivity contribution in [1.82, 2.24) is 15.3 Å². The molecule has 2 rings (SSSR count). The molecule has 1 aliphatic heterocycles. The first-order chi connectivity index (χ1) is 6.81. The van der Waals surface area contributed by atoms with Crippen LogP contribution in [0.3, 0.4) is 0 Å². The Kier molecular flexibility index (Phi) is 2.88. The maximum atomic E-state index is 5.86. The average Bonchev–Trinajstić information content (AvgIpc) is 2.63. The van der Waals surface area contributed by atoms with Crippen LogP contribution < -0.4 is 11.1 Å². The van der Waals surface area contributed by atoms with Gasteiger partial charge in [0.05, 0.1) is 5.69 Å². The van der Waals surface area contributed by atoms with Crippen LogP contribution in [0.1, 0.15) is 17.1 Å². The van der Waals surface area contributed by atoms with Crippen molar-refractivity contribution in [2.45, 2.75) is 17.9 Å². The zero-order valence-electron chi connectivity index (χ0n) is 8.21. The molecule has 0 saturated heterocycles. The summed E-state index contributed by atoms with van der Waals surface area (Å²) in [6.45, 7) is 0.894. The molecule has 0 unspecified atom stereocenters. The zero-order chi connectivity index (χ0) is 9.97. The van der Waals surface area contributed by atoms with Gasteiger partial charge < -0.3 is 11.1 Å². The number of hydrogen-bond acceptors (Lipinski definition) is 5. The van der Waals surface area contributed by atoms with Crippen LogP contribution in [0.15, 0.2) is 0 Å². The molecule has 76 valence electrons. The maximum absolute atomic E-state index is 5.86. The van der Waals surface area contributed by atoms with Gasteiger partial charge in [0.2, 0.25) is 0 Å². The molecule has 0 aliphatic carbocycles. The number of thioether (sulfide) groups is 1. The van der Waals surface area contributed by atoms with E-state index in [0.717, 1.165) is 41.6 Å². The van der Waals surface area contributed by atoms with Crippen molar-refractivity contribution in [3.8, 4) is 0 Å².